The number of hydrogen-bond acceptors (Lipinski definition) is 10. The summed E-state index contributed by atoms with van der Waals surface area (Å²) in [6.45, 7) is 7.47. The Balaban J connectivity index is 1.01. The van der Waals surface area contributed by atoms with Crippen molar-refractivity contribution in [3.8, 4) is 0 Å². The van der Waals surface area contributed by atoms with Gasteiger partial charge in [-0.1, -0.05) is 61.5 Å². The van der Waals surface area contributed by atoms with Crippen LogP contribution in [-0.4, -0.2) is 89.8 Å². The molecule has 5 heterocycles. The van der Waals surface area contributed by atoms with Gasteiger partial charge < -0.3 is 34.7 Å². The fourth-order valence-electron chi connectivity index (χ4n) is 11.0. The molecule has 5 aliphatic heterocycles. The summed E-state index contributed by atoms with van der Waals surface area (Å²) in [6, 6.07) is 29.3. The van der Waals surface area contributed by atoms with Crippen LogP contribution in [0.1, 0.15) is 48.4 Å². The topological polar surface area (TPSA) is 169 Å². The highest BCUT2D eigenvalue weighted by molar-refractivity contribution is 6.71. The van der Waals surface area contributed by atoms with Crippen molar-refractivity contribution in [2.24, 2.45) is 5.92 Å². The van der Waals surface area contributed by atoms with Gasteiger partial charge in [-0.15, -0.1) is 0 Å². The fraction of sp³-hybridized carbons (Fsp3) is 0.413. The largest absolute Gasteiger partial charge is 0.432 e. The first kappa shape index (κ1) is 40.9. The van der Waals surface area contributed by atoms with E-state index < -0.39 is 53.9 Å². The Labute approximate surface area is 356 Å². The summed E-state index contributed by atoms with van der Waals surface area (Å²) in [5.74, 6) is -1.27. The zero-order valence-electron chi connectivity index (χ0n) is 34.7. The lowest BCUT2D eigenvalue weighted by atomic mass is 9.82. The number of benzene rings is 4. The number of nitro groups is 1. The van der Waals surface area contributed by atoms with Crippen molar-refractivity contribution < 1.29 is 33.9 Å². The van der Waals surface area contributed by atoms with Gasteiger partial charge in [0.1, 0.15) is 5.54 Å². The van der Waals surface area contributed by atoms with Crippen LogP contribution in [0.25, 0.3) is 0 Å². The van der Waals surface area contributed by atoms with Gasteiger partial charge in [-0.3, -0.25) is 29.4 Å². The summed E-state index contributed by atoms with van der Waals surface area (Å²) < 4.78 is 6.90. The zero-order valence-corrected chi connectivity index (χ0v) is 35.7. The van der Waals surface area contributed by atoms with Crippen molar-refractivity contribution in [1.29, 1.82) is 0 Å². The normalized spacial score (nSPS) is 25.7. The molecular formula is C46H52N6O8Si. The average molecular weight is 845 g/mol. The monoisotopic (exact) mass is 844 g/mol. The minimum Gasteiger partial charge on any atom is -0.432 e. The van der Waals surface area contributed by atoms with Crippen LogP contribution in [0.2, 0.25) is 18.6 Å². The number of hydrogen-bond donors (Lipinski definition) is 3. The summed E-state index contributed by atoms with van der Waals surface area (Å²) in [5, 5.41) is 25.9. The first-order valence-electron chi connectivity index (χ1n) is 21.2. The molecule has 61 heavy (non-hydrogen) atoms. The standard InChI is InChI=1S/C46H52N6O8Si/c1-30-42(61(2,3)59)40(25-41(54)48-27-33-10-8-7-9-32(33)23-37(48)28-53)60-46(30)38-24-36(52(57)58)17-18-39(38)49(44(46)56)26-31-13-15-34(16-14-31)50-29-51(35-11-5-4-6-12-35)45(43(50)55)19-21-47-22-20-45/h4-18,24,30,37,40,42,47,53,59H,19-23,25-29H2,1-3H3/t30-,37-,40+,42-,46+/m0/s1. The molecule has 318 valence electrons. The van der Waals surface area contributed by atoms with Crippen molar-refractivity contribution in [2.75, 3.05) is 41.1 Å². The predicted molar refractivity (Wildman–Crippen MR) is 232 cm³/mol. The second-order valence-electron chi connectivity index (χ2n) is 17.8. The van der Waals surface area contributed by atoms with Crippen molar-refractivity contribution in [3.63, 3.8) is 0 Å². The van der Waals surface area contributed by atoms with E-state index in [4.69, 9.17) is 4.74 Å². The molecule has 5 aliphatic rings. The second kappa shape index (κ2) is 15.5. The van der Waals surface area contributed by atoms with Gasteiger partial charge in [0.25, 0.3) is 17.5 Å². The quantitative estimate of drug-likeness (QED) is 0.116. The lowest BCUT2D eigenvalue weighted by Gasteiger charge is -2.39. The van der Waals surface area contributed by atoms with E-state index in [0.29, 0.717) is 43.7 Å². The van der Waals surface area contributed by atoms with E-state index in [9.17, 15) is 29.6 Å². The Bertz CT molecular complexity index is 2370. The Kier molecular flexibility index (Phi) is 10.4. The molecule has 9 rings (SSSR count). The first-order chi connectivity index (χ1) is 29.3. The van der Waals surface area contributed by atoms with E-state index in [1.807, 2.05) is 90.7 Å². The summed E-state index contributed by atoms with van der Waals surface area (Å²) in [5.41, 5.74) is 2.22. The maximum atomic E-state index is 15.2. The molecule has 0 unspecified atom stereocenters. The maximum absolute atomic E-state index is 15.2. The molecular weight excluding hydrogens is 793 g/mol. The molecule has 3 N–H and O–H groups in total. The Morgan fingerprint density at radius 3 is 2.30 bits per heavy atom. The number of carbonyl (C=O) groups excluding carboxylic acids is 3. The van der Waals surface area contributed by atoms with E-state index >= 15 is 4.79 Å². The van der Waals surface area contributed by atoms with E-state index in [1.165, 1.54) is 12.1 Å². The lowest BCUT2D eigenvalue weighted by molar-refractivity contribution is -0.385. The molecule has 0 saturated carbocycles. The number of nitro benzene ring substituents is 1. The summed E-state index contributed by atoms with van der Waals surface area (Å²) in [4.78, 5) is 74.6. The van der Waals surface area contributed by atoms with Crippen molar-refractivity contribution >= 4 is 48.8 Å². The number of anilines is 3. The molecule has 4 aromatic carbocycles. The van der Waals surface area contributed by atoms with Gasteiger partial charge >= 0.3 is 0 Å². The van der Waals surface area contributed by atoms with Crippen LogP contribution in [0.15, 0.2) is 97.1 Å². The van der Waals surface area contributed by atoms with Crippen molar-refractivity contribution in [2.45, 2.75) is 87.6 Å². The second-order valence-corrected chi connectivity index (χ2v) is 21.8. The third kappa shape index (κ3) is 6.73. The predicted octanol–water partition coefficient (Wildman–Crippen LogP) is 5.21. The van der Waals surface area contributed by atoms with Crippen LogP contribution in [0.5, 0.6) is 0 Å². The molecule has 3 fully saturated rings. The Hall–Kier alpha value is -5.45. The molecule has 0 aliphatic carbocycles. The summed E-state index contributed by atoms with van der Waals surface area (Å²) >= 11 is 0. The number of amides is 3. The highest BCUT2D eigenvalue weighted by atomic mass is 28.4. The average Bonchev–Trinajstić information content (AvgIpc) is 3.80. The number of nitrogens with zero attached hydrogens (tertiary/aromatic N) is 5. The van der Waals surface area contributed by atoms with Crippen molar-refractivity contribution in [3.05, 3.63) is 129 Å². The number of piperidine rings is 1. The van der Waals surface area contributed by atoms with E-state index in [-0.39, 0.29) is 37.1 Å². The van der Waals surface area contributed by atoms with Gasteiger partial charge in [0.15, 0.2) is 13.9 Å². The van der Waals surface area contributed by atoms with Crippen molar-refractivity contribution in [1.82, 2.24) is 10.2 Å². The molecule has 0 radical (unpaired) electrons. The van der Waals surface area contributed by atoms with Crippen LogP contribution in [0.3, 0.4) is 0 Å². The van der Waals surface area contributed by atoms with Gasteiger partial charge in [-0.05, 0) is 92.5 Å². The third-order valence-electron chi connectivity index (χ3n) is 14.0. The number of para-hydroxylation sites is 1. The molecule has 14 nitrogen and oxygen atoms in total. The number of rotatable bonds is 9. The van der Waals surface area contributed by atoms with Gasteiger partial charge in [-0.2, -0.15) is 0 Å². The minimum absolute atomic E-state index is 0.0556. The molecule has 0 bridgehead atoms. The number of nitrogens with one attached hydrogen (secondary N) is 1. The Morgan fingerprint density at radius 2 is 1.62 bits per heavy atom. The number of fused-ring (bicyclic) bond motifs is 3. The number of non-ortho nitro benzene ring substituents is 1. The number of ether oxygens (including phenoxy) is 1. The van der Waals surface area contributed by atoms with Gasteiger partial charge in [-0.25, -0.2) is 0 Å². The van der Waals surface area contributed by atoms with Gasteiger partial charge in [0.05, 0.1) is 49.0 Å². The van der Waals surface area contributed by atoms with E-state index in [0.717, 1.165) is 41.2 Å². The van der Waals surface area contributed by atoms with Crippen LogP contribution < -0.4 is 20.0 Å². The molecule has 15 heteroatoms. The van der Waals surface area contributed by atoms with E-state index in [1.54, 1.807) is 29.0 Å². The Morgan fingerprint density at radius 1 is 0.934 bits per heavy atom. The zero-order chi connectivity index (χ0) is 42.8. The molecule has 4 aromatic rings. The number of carbonyl (C=O) groups is 3. The summed E-state index contributed by atoms with van der Waals surface area (Å²) in [7, 11) is -3.18. The van der Waals surface area contributed by atoms with Crippen LogP contribution in [0, 0.1) is 16.0 Å². The molecule has 3 amide bonds. The molecule has 5 atom stereocenters. The van der Waals surface area contributed by atoms with E-state index in [2.05, 4.69) is 10.2 Å². The van der Waals surface area contributed by atoms with Crippen LogP contribution in [-0.2, 0) is 44.2 Å². The highest BCUT2D eigenvalue weighted by Crippen LogP contribution is 2.60. The SMILES string of the molecule is C[C@H]1[C@H]([Si](C)(C)O)[C@@H](CC(=O)N2Cc3ccccc3C[C@H]2CO)O[C@]12C(=O)N(Cc1ccc(N3CN(c4ccccc4)C4(CCNCC4)C3=O)cc1)c1ccc([N+](=O)[O-])cc12. The van der Waals surface area contributed by atoms with Crippen LogP contribution >= 0.6 is 0 Å². The summed E-state index contributed by atoms with van der Waals surface area (Å²) in [6.07, 6.45) is 0.859. The smallest absolute Gasteiger partial charge is 0.269 e. The fourth-order valence-corrected chi connectivity index (χ4v) is 13.6. The van der Waals surface area contributed by atoms with Gasteiger partial charge in [0.2, 0.25) is 5.91 Å². The third-order valence-corrected chi connectivity index (χ3v) is 16.5. The van der Waals surface area contributed by atoms with Gasteiger partial charge in [0, 0.05) is 47.1 Å². The number of aliphatic hydroxyl groups excluding tert-OH is 1. The number of aliphatic hydroxyl groups is 1. The molecule has 3 saturated heterocycles. The highest BCUT2D eigenvalue weighted by Gasteiger charge is 2.67. The van der Waals surface area contributed by atoms with Crippen LogP contribution in [0.4, 0.5) is 22.7 Å². The molecule has 0 aromatic heterocycles. The lowest BCUT2D eigenvalue weighted by Crippen LogP contribution is -2.55. The minimum atomic E-state index is -3.18. The first-order valence-corrected chi connectivity index (χ1v) is 24.2. The molecule has 2 spiro atoms. The maximum Gasteiger partial charge on any atom is 0.269 e.